The van der Waals surface area contributed by atoms with Gasteiger partial charge in [-0.25, -0.2) is 8.42 Å². The molecule has 174 valence electrons. The third-order valence-corrected chi connectivity index (χ3v) is 7.27. The average Bonchev–Trinajstić information content (AvgIpc) is 2.73. The molecule has 9 nitrogen and oxygen atoms in total. The predicted octanol–water partition coefficient (Wildman–Crippen LogP) is 1.01. The van der Waals surface area contributed by atoms with E-state index in [1.54, 1.807) is 18.7 Å². The number of nitrogens with one attached hydrogen (secondary N) is 1. The third kappa shape index (κ3) is 6.18. The molecule has 10 heteroatoms. The van der Waals surface area contributed by atoms with Crippen molar-refractivity contribution in [3.8, 4) is 5.75 Å². The molecule has 2 amide bonds. The third-order valence-electron chi connectivity index (χ3n) is 5.22. The minimum Gasteiger partial charge on any atom is -0.496 e. The van der Waals surface area contributed by atoms with E-state index in [4.69, 9.17) is 4.74 Å². The Morgan fingerprint density at radius 2 is 1.74 bits per heavy atom. The van der Waals surface area contributed by atoms with Crippen LogP contribution >= 0.6 is 0 Å². The molecule has 0 spiro atoms. The van der Waals surface area contributed by atoms with Crippen molar-refractivity contribution in [3.63, 3.8) is 0 Å². The van der Waals surface area contributed by atoms with Crippen LogP contribution in [0.2, 0.25) is 0 Å². The van der Waals surface area contributed by atoms with Crippen LogP contribution in [0, 0.1) is 0 Å². The second-order valence-corrected chi connectivity index (χ2v) is 9.68. The minimum absolute atomic E-state index is 0.0363. The standard InChI is InChI=1S/C21H34N4O5S/c1-6-25(7-2)31(28,29)17-8-9-19(30-5)18(14-17)21(27)24-12-10-23(11-13-24)15-20(26)22-16(3)4/h8-9,14,16H,6-7,10-13,15H2,1-5H3,(H,22,26). The van der Waals surface area contributed by atoms with Crippen LogP contribution in [0.5, 0.6) is 5.75 Å². The first-order chi connectivity index (χ1) is 14.6. The van der Waals surface area contributed by atoms with Crippen LogP contribution in [0.4, 0.5) is 0 Å². The van der Waals surface area contributed by atoms with Crippen LogP contribution in [0.1, 0.15) is 38.1 Å². The summed E-state index contributed by atoms with van der Waals surface area (Å²) in [6, 6.07) is 4.48. The van der Waals surface area contributed by atoms with Gasteiger partial charge in [0.1, 0.15) is 5.75 Å². The summed E-state index contributed by atoms with van der Waals surface area (Å²) in [6.07, 6.45) is 0. The Labute approximate surface area is 185 Å². The first kappa shape index (κ1) is 25.1. The van der Waals surface area contributed by atoms with Gasteiger partial charge >= 0.3 is 0 Å². The van der Waals surface area contributed by atoms with E-state index in [2.05, 4.69) is 5.32 Å². The van der Waals surface area contributed by atoms with Crippen molar-refractivity contribution >= 4 is 21.8 Å². The number of carbonyl (C=O) groups is 2. The summed E-state index contributed by atoms with van der Waals surface area (Å²) in [5.41, 5.74) is 0.224. The zero-order chi connectivity index (χ0) is 23.2. The van der Waals surface area contributed by atoms with Gasteiger partial charge in [-0.15, -0.1) is 0 Å². The number of amides is 2. The van der Waals surface area contributed by atoms with Gasteiger partial charge in [0.25, 0.3) is 5.91 Å². The largest absolute Gasteiger partial charge is 0.496 e. The van der Waals surface area contributed by atoms with Gasteiger partial charge in [0.2, 0.25) is 15.9 Å². The highest BCUT2D eigenvalue weighted by Crippen LogP contribution is 2.26. The smallest absolute Gasteiger partial charge is 0.257 e. The summed E-state index contributed by atoms with van der Waals surface area (Å²) in [7, 11) is -2.24. The molecular formula is C21H34N4O5S. The molecule has 0 bridgehead atoms. The average molecular weight is 455 g/mol. The van der Waals surface area contributed by atoms with Crippen LogP contribution < -0.4 is 10.1 Å². The maximum absolute atomic E-state index is 13.2. The summed E-state index contributed by atoms with van der Waals surface area (Å²) in [5, 5.41) is 2.87. The van der Waals surface area contributed by atoms with E-state index < -0.39 is 10.0 Å². The molecule has 0 radical (unpaired) electrons. The van der Waals surface area contributed by atoms with Crippen LogP contribution in [0.3, 0.4) is 0 Å². The summed E-state index contributed by atoms with van der Waals surface area (Å²) >= 11 is 0. The molecule has 0 unspecified atom stereocenters. The fraction of sp³-hybridized carbons (Fsp3) is 0.619. The highest BCUT2D eigenvalue weighted by atomic mass is 32.2. The lowest BCUT2D eigenvalue weighted by Crippen LogP contribution is -2.51. The van der Waals surface area contributed by atoms with Gasteiger partial charge in [-0.3, -0.25) is 14.5 Å². The van der Waals surface area contributed by atoms with Crippen LogP contribution in [0.25, 0.3) is 0 Å². The molecule has 1 aliphatic rings. The van der Waals surface area contributed by atoms with Gasteiger partial charge in [0, 0.05) is 45.3 Å². The molecule has 1 aromatic rings. The van der Waals surface area contributed by atoms with Gasteiger partial charge in [0.05, 0.1) is 24.1 Å². The SMILES string of the molecule is CCN(CC)S(=O)(=O)c1ccc(OC)c(C(=O)N2CCN(CC(=O)NC(C)C)CC2)c1. The van der Waals surface area contributed by atoms with E-state index in [0.29, 0.717) is 51.6 Å². The van der Waals surface area contributed by atoms with E-state index in [0.717, 1.165) is 0 Å². The normalized spacial score (nSPS) is 15.4. The molecule has 2 rings (SSSR count). The van der Waals surface area contributed by atoms with Crippen molar-refractivity contribution in [2.45, 2.75) is 38.6 Å². The van der Waals surface area contributed by atoms with Crippen molar-refractivity contribution in [2.75, 3.05) is 52.9 Å². The Balaban J connectivity index is 2.16. The van der Waals surface area contributed by atoms with E-state index in [-0.39, 0.29) is 28.3 Å². The van der Waals surface area contributed by atoms with Crippen molar-refractivity contribution in [1.29, 1.82) is 0 Å². The second kappa shape index (κ2) is 10.9. The number of hydrogen-bond acceptors (Lipinski definition) is 6. The fourth-order valence-electron chi connectivity index (χ4n) is 3.58. The number of methoxy groups -OCH3 is 1. The molecule has 1 aromatic carbocycles. The van der Waals surface area contributed by atoms with E-state index in [9.17, 15) is 18.0 Å². The zero-order valence-electron chi connectivity index (χ0n) is 19.1. The molecule has 1 aliphatic heterocycles. The molecule has 1 heterocycles. The summed E-state index contributed by atoms with van der Waals surface area (Å²) in [6.45, 7) is 10.4. The summed E-state index contributed by atoms with van der Waals surface area (Å²) in [5.74, 6) is 0.0210. The van der Waals surface area contributed by atoms with Gasteiger partial charge < -0.3 is 15.0 Å². The van der Waals surface area contributed by atoms with Crippen molar-refractivity contribution in [2.24, 2.45) is 0 Å². The van der Waals surface area contributed by atoms with Crippen molar-refractivity contribution < 1.29 is 22.7 Å². The van der Waals surface area contributed by atoms with Gasteiger partial charge in [-0.2, -0.15) is 4.31 Å². The molecule has 1 saturated heterocycles. The number of sulfonamides is 1. The fourth-order valence-corrected chi connectivity index (χ4v) is 5.06. The number of ether oxygens (including phenoxy) is 1. The maximum atomic E-state index is 13.2. The van der Waals surface area contributed by atoms with E-state index in [1.807, 2.05) is 18.7 Å². The monoisotopic (exact) mass is 454 g/mol. The van der Waals surface area contributed by atoms with Crippen LogP contribution in [-0.2, 0) is 14.8 Å². The Bertz CT molecular complexity index is 876. The predicted molar refractivity (Wildman–Crippen MR) is 119 cm³/mol. The van der Waals surface area contributed by atoms with Gasteiger partial charge in [-0.05, 0) is 32.0 Å². The van der Waals surface area contributed by atoms with Gasteiger partial charge in [-0.1, -0.05) is 13.8 Å². The molecule has 0 saturated carbocycles. The first-order valence-corrected chi connectivity index (χ1v) is 12.1. The molecular weight excluding hydrogens is 420 g/mol. The molecule has 1 N–H and O–H groups in total. The Morgan fingerprint density at radius 3 is 2.26 bits per heavy atom. The van der Waals surface area contributed by atoms with Gasteiger partial charge in [0.15, 0.2) is 0 Å². The number of hydrogen-bond donors (Lipinski definition) is 1. The van der Waals surface area contributed by atoms with Crippen LogP contribution in [0.15, 0.2) is 23.1 Å². The molecule has 0 atom stereocenters. The lowest BCUT2D eigenvalue weighted by atomic mass is 10.1. The topological polar surface area (TPSA) is 99.3 Å². The lowest BCUT2D eigenvalue weighted by Gasteiger charge is -2.34. The lowest BCUT2D eigenvalue weighted by molar-refractivity contribution is -0.123. The quantitative estimate of drug-likeness (QED) is 0.598. The number of rotatable bonds is 9. The molecule has 1 fully saturated rings. The van der Waals surface area contributed by atoms with E-state index in [1.165, 1.54) is 29.6 Å². The maximum Gasteiger partial charge on any atom is 0.257 e. The second-order valence-electron chi connectivity index (χ2n) is 7.74. The Morgan fingerprint density at radius 1 is 1.13 bits per heavy atom. The van der Waals surface area contributed by atoms with Crippen molar-refractivity contribution in [1.82, 2.24) is 19.4 Å². The minimum atomic E-state index is -3.69. The highest BCUT2D eigenvalue weighted by molar-refractivity contribution is 7.89. The van der Waals surface area contributed by atoms with Crippen molar-refractivity contribution in [3.05, 3.63) is 23.8 Å². The number of nitrogens with zero attached hydrogens (tertiary/aromatic N) is 3. The first-order valence-electron chi connectivity index (χ1n) is 10.6. The van der Waals surface area contributed by atoms with Crippen LogP contribution in [-0.4, -0.2) is 93.3 Å². The highest BCUT2D eigenvalue weighted by Gasteiger charge is 2.28. The number of piperazine rings is 1. The Hall–Kier alpha value is -2.17. The molecule has 0 aliphatic carbocycles. The molecule has 31 heavy (non-hydrogen) atoms. The molecule has 0 aromatic heterocycles. The summed E-state index contributed by atoms with van der Waals surface area (Å²) < 4.78 is 32.4. The van der Waals surface area contributed by atoms with E-state index >= 15 is 0 Å². The number of benzene rings is 1. The summed E-state index contributed by atoms with van der Waals surface area (Å²) in [4.78, 5) is 28.9. The Kier molecular flexibility index (Phi) is 8.84. The number of carbonyl (C=O) groups excluding carboxylic acids is 2. The zero-order valence-corrected chi connectivity index (χ0v) is 19.9.